The van der Waals surface area contributed by atoms with Crippen molar-refractivity contribution >= 4 is 5.78 Å². The van der Waals surface area contributed by atoms with Crippen LogP contribution >= 0.6 is 0 Å². The zero-order valence-electron chi connectivity index (χ0n) is 7.40. The Balaban J connectivity index is 1.86. The van der Waals surface area contributed by atoms with E-state index in [1.54, 1.807) is 12.5 Å². The molecule has 2 rings (SSSR count). The van der Waals surface area contributed by atoms with Gasteiger partial charge in [-0.3, -0.25) is 9.69 Å². The molecule has 0 atom stereocenters. The first-order valence-corrected chi connectivity index (χ1v) is 4.47. The van der Waals surface area contributed by atoms with Crippen LogP contribution in [-0.2, 0) is 11.3 Å². The molecule has 4 nitrogen and oxygen atoms in total. The number of piperidine rings is 1. The minimum absolute atomic E-state index is 0.376. The van der Waals surface area contributed by atoms with Crippen LogP contribution in [0, 0.1) is 0 Å². The average Bonchev–Trinajstić information content (AvgIpc) is 2.62. The third-order valence-electron chi connectivity index (χ3n) is 2.30. The van der Waals surface area contributed by atoms with Gasteiger partial charge in [0.25, 0.3) is 0 Å². The van der Waals surface area contributed by atoms with E-state index >= 15 is 0 Å². The normalized spacial score (nSPS) is 19.2. The number of Topliss-reactive ketones (excluding diaryl/α,β-unsaturated/α-hetero) is 1. The molecule has 70 valence electrons. The number of hydrogen-bond acceptors (Lipinski definition) is 4. The fourth-order valence-electron chi connectivity index (χ4n) is 1.52. The van der Waals surface area contributed by atoms with E-state index in [0.29, 0.717) is 18.6 Å². The lowest BCUT2D eigenvalue weighted by molar-refractivity contribution is -0.121. The van der Waals surface area contributed by atoms with Crippen LogP contribution in [0.5, 0.6) is 0 Å². The van der Waals surface area contributed by atoms with Crippen molar-refractivity contribution in [2.24, 2.45) is 0 Å². The predicted octanol–water partition coefficient (Wildman–Crippen LogP) is 0.840. The summed E-state index contributed by atoms with van der Waals surface area (Å²) in [7, 11) is 0. The van der Waals surface area contributed by atoms with Crippen molar-refractivity contribution in [1.29, 1.82) is 0 Å². The monoisotopic (exact) mass is 180 g/mol. The second kappa shape index (κ2) is 3.70. The molecule has 0 spiro atoms. The number of carbonyl (C=O) groups excluding carboxylic acids is 1. The molecule has 0 aromatic carbocycles. The minimum Gasteiger partial charge on any atom is -0.364 e. The second-order valence-corrected chi connectivity index (χ2v) is 3.35. The van der Waals surface area contributed by atoms with E-state index < -0.39 is 0 Å². The van der Waals surface area contributed by atoms with Crippen molar-refractivity contribution in [3.63, 3.8) is 0 Å². The quantitative estimate of drug-likeness (QED) is 0.676. The van der Waals surface area contributed by atoms with Crippen LogP contribution in [0.3, 0.4) is 0 Å². The molecule has 0 radical (unpaired) electrons. The lowest BCUT2D eigenvalue weighted by Crippen LogP contribution is -2.33. The predicted molar refractivity (Wildman–Crippen MR) is 46.0 cm³/mol. The summed E-state index contributed by atoms with van der Waals surface area (Å²) < 4.78 is 4.73. The van der Waals surface area contributed by atoms with Gasteiger partial charge in [-0.1, -0.05) is 5.16 Å². The van der Waals surface area contributed by atoms with Crippen LogP contribution in [0.2, 0.25) is 0 Å². The highest BCUT2D eigenvalue weighted by Gasteiger charge is 2.16. The van der Waals surface area contributed by atoms with E-state index in [1.165, 1.54) is 0 Å². The van der Waals surface area contributed by atoms with Crippen LogP contribution in [0.1, 0.15) is 18.4 Å². The number of rotatable bonds is 2. The summed E-state index contributed by atoms with van der Waals surface area (Å²) in [6, 6.07) is 0. The number of likely N-dealkylation sites (tertiary alicyclic amines) is 1. The van der Waals surface area contributed by atoms with E-state index in [1.807, 2.05) is 0 Å². The Labute approximate surface area is 76.5 Å². The maximum Gasteiger partial charge on any atom is 0.135 e. The van der Waals surface area contributed by atoms with Crippen LogP contribution in [0.25, 0.3) is 0 Å². The van der Waals surface area contributed by atoms with Crippen molar-refractivity contribution in [2.75, 3.05) is 13.1 Å². The summed E-state index contributed by atoms with van der Waals surface area (Å²) >= 11 is 0. The highest BCUT2D eigenvalue weighted by molar-refractivity contribution is 5.79. The Bertz CT molecular complexity index is 272. The van der Waals surface area contributed by atoms with E-state index in [4.69, 9.17) is 4.52 Å². The maximum atomic E-state index is 11.0. The molecule has 1 aromatic rings. The molecule has 0 aliphatic carbocycles. The van der Waals surface area contributed by atoms with Crippen molar-refractivity contribution in [2.45, 2.75) is 19.4 Å². The lowest BCUT2D eigenvalue weighted by Gasteiger charge is -2.24. The maximum absolute atomic E-state index is 11.0. The largest absolute Gasteiger partial charge is 0.364 e. The number of ketones is 1. The SMILES string of the molecule is O=C1CCN(Cc2cnoc2)CC1. The van der Waals surface area contributed by atoms with Gasteiger partial charge in [-0.15, -0.1) is 0 Å². The summed E-state index contributed by atoms with van der Waals surface area (Å²) in [5, 5.41) is 3.63. The van der Waals surface area contributed by atoms with Gasteiger partial charge in [0.2, 0.25) is 0 Å². The Morgan fingerprint density at radius 1 is 1.46 bits per heavy atom. The Hall–Kier alpha value is -1.16. The summed E-state index contributed by atoms with van der Waals surface area (Å²) in [4.78, 5) is 13.2. The van der Waals surface area contributed by atoms with E-state index in [-0.39, 0.29) is 0 Å². The molecule has 1 saturated heterocycles. The van der Waals surface area contributed by atoms with Crippen molar-refractivity contribution in [1.82, 2.24) is 10.1 Å². The third-order valence-corrected chi connectivity index (χ3v) is 2.30. The van der Waals surface area contributed by atoms with Crippen LogP contribution in [-0.4, -0.2) is 28.9 Å². The number of hydrogen-bond donors (Lipinski definition) is 0. The van der Waals surface area contributed by atoms with Gasteiger partial charge in [-0.25, -0.2) is 0 Å². The van der Waals surface area contributed by atoms with Gasteiger partial charge in [0, 0.05) is 38.0 Å². The van der Waals surface area contributed by atoms with Gasteiger partial charge in [-0.2, -0.15) is 0 Å². The smallest absolute Gasteiger partial charge is 0.135 e. The van der Waals surface area contributed by atoms with E-state index in [9.17, 15) is 4.79 Å². The topological polar surface area (TPSA) is 46.3 Å². The summed E-state index contributed by atoms with van der Waals surface area (Å²) in [6.07, 6.45) is 4.74. The van der Waals surface area contributed by atoms with Crippen LogP contribution < -0.4 is 0 Å². The molecular weight excluding hydrogens is 168 g/mol. The molecule has 1 aliphatic rings. The minimum atomic E-state index is 0.376. The number of carbonyl (C=O) groups is 1. The van der Waals surface area contributed by atoms with Crippen molar-refractivity contribution < 1.29 is 9.32 Å². The van der Waals surface area contributed by atoms with Gasteiger partial charge >= 0.3 is 0 Å². The Morgan fingerprint density at radius 2 is 2.23 bits per heavy atom. The zero-order valence-corrected chi connectivity index (χ0v) is 7.40. The Morgan fingerprint density at radius 3 is 2.85 bits per heavy atom. The number of aromatic nitrogens is 1. The standard InChI is InChI=1S/C9H12N2O2/c12-9-1-3-11(4-2-9)6-8-5-10-13-7-8/h5,7H,1-4,6H2. The fourth-order valence-corrected chi connectivity index (χ4v) is 1.52. The molecule has 0 N–H and O–H groups in total. The Kier molecular flexibility index (Phi) is 2.40. The van der Waals surface area contributed by atoms with Crippen molar-refractivity contribution in [3.8, 4) is 0 Å². The summed E-state index contributed by atoms with van der Waals surface area (Å²) in [5.74, 6) is 0.376. The highest BCUT2D eigenvalue weighted by atomic mass is 16.5. The molecule has 13 heavy (non-hydrogen) atoms. The molecular formula is C9H12N2O2. The first kappa shape index (κ1) is 8.44. The van der Waals surface area contributed by atoms with Crippen LogP contribution in [0.4, 0.5) is 0 Å². The van der Waals surface area contributed by atoms with Crippen LogP contribution in [0.15, 0.2) is 17.0 Å². The van der Waals surface area contributed by atoms with Gasteiger partial charge in [0.05, 0.1) is 6.20 Å². The van der Waals surface area contributed by atoms with Gasteiger partial charge in [-0.05, 0) is 0 Å². The molecule has 0 unspecified atom stereocenters. The summed E-state index contributed by atoms with van der Waals surface area (Å²) in [6.45, 7) is 2.57. The lowest BCUT2D eigenvalue weighted by atomic mass is 10.1. The first-order valence-electron chi connectivity index (χ1n) is 4.47. The van der Waals surface area contributed by atoms with Gasteiger partial charge in [0.15, 0.2) is 0 Å². The van der Waals surface area contributed by atoms with E-state index in [2.05, 4.69) is 10.1 Å². The molecule has 1 fully saturated rings. The zero-order chi connectivity index (χ0) is 9.10. The molecule has 2 heterocycles. The average molecular weight is 180 g/mol. The molecule has 1 aliphatic heterocycles. The summed E-state index contributed by atoms with van der Waals surface area (Å²) in [5.41, 5.74) is 1.08. The van der Waals surface area contributed by atoms with Crippen molar-refractivity contribution in [3.05, 3.63) is 18.0 Å². The fraction of sp³-hybridized carbons (Fsp3) is 0.556. The molecule has 0 saturated carbocycles. The third kappa shape index (κ3) is 2.15. The van der Waals surface area contributed by atoms with Gasteiger partial charge < -0.3 is 4.52 Å². The number of nitrogens with zero attached hydrogens (tertiary/aromatic N) is 2. The molecule has 1 aromatic heterocycles. The highest BCUT2D eigenvalue weighted by Crippen LogP contribution is 2.09. The van der Waals surface area contributed by atoms with Gasteiger partial charge in [0.1, 0.15) is 12.0 Å². The molecule has 0 amide bonds. The first-order chi connectivity index (χ1) is 6.34. The molecule has 0 bridgehead atoms. The molecule has 4 heteroatoms. The van der Waals surface area contributed by atoms with E-state index in [0.717, 1.165) is 25.2 Å². The second-order valence-electron chi connectivity index (χ2n) is 3.35.